The normalized spacial score (nSPS) is 10.3. The summed E-state index contributed by atoms with van der Waals surface area (Å²) >= 11 is 1.58. The van der Waals surface area contributed by atoms with Crippen molar-refractivity contribution in [2.24, 2.45) is 0 Å². The number of carbonyl (C=O) groups is 1. The molecule has 0 saturated carbocycles. The first kappa shape index (κ1) is 13.4. The second-order valence-electron chi connectivity index (χ2n) is 4.35. The van der Waals surface area contributed by atoms with E-state index < -0.39 is 0 Å². The first-order valence-electron chi connectivity index (χ1n) is 6.33. The lowest BCUT2D eigenvalue weighted by atomic mass is 10.1. The zero-order valence-electron chi connectivity index (χ0n) is 11.3. The molecule has 0 spiro atoms. The molecule has 0 aliphatic carbocycles. The molecule has 3 heterocycles. The fourth-order valence-electron chi connectivity index (χ4n) is 1.94. The average Bonchev–Trinajstić information content (AvgIpc) is 3.01. The van der Waals surface area contributed by atoms with E-state index in [9.17, 15) is 4.79 Å². The summed E-state index contributed by atoms with van der Waals surface area (Å²) in [6.07, 6.45) is 5.00. The minimum absolute atomic E-state index is 0.168. The van der Waals surface area contributed by atoms with Gasteiger partial charge in [0.15, 0.2) is 5.82 Å². The Balaban J connectivity index is 2.14. The molecule has 1 N–H and O–H groups in total. The van der Waals surface area contributed by atoms with Gasteiger partial charge in [-0.05, 0) is 23.6 Å². The van der Waals surface area contributed by atoms with Gasteiger partial charge >= 0.3 is 0 Å². The molecule has 104 valence electrons. The van der Waals surface area contributed by atoms with E-state index in [4.69, 9.17) is 0 Å². The maximum atomic E-state index is 11.2. The van der Waals surface area contributed by atoms with Gasteiger partial charge in [0.2, 0.25) is 5.91 Å². The molecule has 0 aromatic carbocycles. The van der Waals surface area contributed by atoms with Crippen molar-refractivity contribution in [3.63, 3.8) is 0 Å². The summed E-state index contributed by atoms with van der Waals surface area (Å²) in [6.45, 7) is 1.45. The lowest BCUT2D eigenvalue weighted by Crippen LogP contribution is -2.08. The molecule has 21 heavy (non-hydrogen) atoms. The number of nitrogens with zero attached hydrogens (tertiary/aromatic N) is 3. The van der Waals surface area contributed by atoms with Gasteiger partial charge in [0, 0.05) is 24.9 Å². The van der Waals surface area contributed by atoms with Crippen LogP contribution in [0.4, 0.5) is 5.82 Å². The van der Waals surface area contributed by atoms with Crippen LogP contribution in [-0.2, 0) is 4.79 Å². The predicted octanol–water partition coefficient (Wildman–Crippen LogP) is 3.23. The standard InChI is InChI=1S/C15H12N4OS/c1-10(20)18-13-9-17-14(11-4-6-16-7-5-11)15(19-13)12-3-2-8-21-12/h2-9H,1H3,(H,18,19,20). The third-order valence-corrected chi connectivity index (χ3v) is 3.66. The number of carbonyl (C=O) groups excluding carboxylic acids is 1. The molecule has 1 amide bonds. The summed E-state index contributed by atoms with van der Waals surface area (Å²) in [6, 6.07) is 7.72. The van der Waals surface area contributed by atoms with E-state index in [-0.39, 0.29) is 5.91 Å². The van der Waals surface area contributed by atoms with E-state index in [0.717, 1.165) is 21.8 Å². The van der Waals surface area contributed by atoms with E-state index in [1.54, 1.807) is 29.9 Å². The number of aromatic nitrogens is 3. The molecule has 0 aliphatic heterocycles. The molecule has 0 aliphatic rings. The number of hydrogen-bond acceptors (Lipinski definition) is 5. The van der Waals surface area contributed by atoms with Gasteiger partial charge < -0.3 is 5.32 Å². The Morgan fingerprint density at radius 1 is 1.19 bits per heavy atom. The maximum absolute atomic E-state index is 11.2. The summed E-state index contributed by atoms with van der Waals surface area (Å²) in [5.74, 6) is 0.279. The number of rotatable bonds is 3. The van der Waals surface area contributed by atoms with Crippen molar-refractivity contribution < 1.29 is 4.79 Å². The molecular weight excluding hydrogens is 284 g/mol. The van der Waals surface area contributed by atoms with Crippen molar-refractivity contribution in [1.29, 1.82) is 0 Å². The average molecular weight is 296 g/mol. The third-order valence-electron chi connectivity index (χ3n) is 2.78. The van der Waals surface area contributed by atoms with Gasteiger partial charge in [0.25, 0.3) is 0 Å². The molecule has 5 nitrogen and oxygen atoms in total. The van der Waals surface area contributed by atoms with E-state index >= 15 is 0 Å². The summed E-state index contributed by atoms with van der Waals surface area (Å²) in [5.41, 5.74) is 2.46. The Hall–Kier alpha value is -2.60. The van der Waals surface area contributed by atoms with Gasteiger partial charge in [-0.15, -0.1) is 11.3 Å². The molecule has 0 radical (unpaired) electrons. The molecule has 3 aromatic heterocycles. The minimum Gasteiger partial charge on any atom is -0.310 e. The zero-order valence-corrected chi connectivity index (χ0v) is 12.1. The number of amides is 1. The van der Waals surface area contributed by atoms with Gasteiger partial charge in [0.05, 0.1) is 16.8 Å². The van der Waals surface area contributed by atoms with Gasteiger partial charge in [-0.3, -0.25) is 14.8 Å². The van der Waals surface area contributed by atoms with E-state index in [0.29, 0.717) is 5.82 Å². The molecule has 0 fully saturated rings. The molecule has 0 saturated heterocycles. The largest absolute Gasteiger partial charge is 0.310 e. The van der Waals surface area contributed by atoms with Crippen molar-refractivity contribution in [2.45, 2.75) is 6.92 Å². The highest BCUT2D eigenvalue weighted by atomic mass is 32.1. The van der Waals surface area contributed by atoms with Crippen LogP contribution in [0, 0.1) is 0 Å². The van der Waals surface area contributed by atoms with Crippen molar-refractivity contribution in [1.82, 2.24) is 15.0 Å². The highest BCUT2D eigenvalue weighted by Crippen LogP contribution is 2.32. The van der Waals surface area contributed by atoms with Gasteiger partial charge in [-0.1, -0.05) is 6.07 Å². The van der Waals surface area contributed by atoms with E-state index in [1.807, 2.05) is 29.6 Å². The number of thiophene rings is 1. The smallest absolute Gasteiger partial charge is 0.222 e. The van der Waals surface area contributed by atoms with Crippen LogP contribution in [0.2, 0.25) is 0 Å². The fourth-order valence-corrected chi connectivity index (χ4v) is 2.65. The lowest BCUT2D eigenvalue weighted by Gasteiger charge is -2.09. The van der Waals surface area contributed by atoms with Crippen molar-refractivity contribution >= 4 is 23.1 Å². The van der Waals surface area contributed by atoms with Crippen molar-refractivity contribution in [2.75, 3.05) is 5.32 Å². The van der Waals surface area contributed by atoms with Crippen molar-refractivity contribution in [3.05, 3.63) is 48.2 Å². The molecule has 0 unspecified atom stereocenters. The van der Waals surface area contributed by atoms with Crippen LogP contribution in [0.3, 0.4) is 0 Å². The third kappa shape index (κ3) is 2.95. The highest BCUT2D eigenvalue weighted by Gasteiger charge is 2.13. The summed E-state index contributed by atoms with van der Waals surface area (Å²) in [7, 11) is 0. The van der Waals surface area contributed by atoms with Crippen LogP contribution in [0.25, 0.3) is 21.8 Å². The number of anilines is 1. The Labute approximate surface area is 125 Å². The van der Waals surface area contributed by atoms with Crippen LogP contribution < -0.4 is 5.32 Å². The van der Waals surface area contributed by atoms with Crippen LogP contribution in [-0.4, -0.2) is 20.9 Å². The van der Waals surface area contributed by atoms with Crippen LogP contribution >= 0.6 is 11.3 Å². The Morgan fingerprint density at radius 3 is 2.67 bits per heavy atom. The molecule has 6 heteroatoms. The quantitative estimate of drug-likeness (QED) is 0.805. The number of pyridine rings is 1. The van der Waals surface area contributed by atoms with Crippen molar-refractivity contribution in [3.8, 4) is 21.8 Å². The van der Waals surface area contributed by atoms with E-state index in [1.165, 1.54) is 6.92 Å². The first-order chi connectivity index (χ1) is 10.2. The summed E-state index contributed by atoms with van der Waals surface area (Å²) in [4.78, 5) is 25.2. The topological polar surface area (TPSA) is 67.8 Å². The highest BCUT2D eigenvalue weighted by molar-refractivity contribution is 7.13. The molecule has 3 rings (SSSR count). The molecule has 3 aromatic rings. The summed E-state index contributed by atoms with van der Waals surface area (Å²) < 4.78 is 0. The molecular formula is C15H12N4OS. The Morgan fingerprint density at radius 2 is 2.00 bits per heavy atom. The summed E-state index contributed by atoms with van der Waals surface area (Å²) in [5, 5.41) is 4.65. The SMILES string of the molecule is CC(=O)Nc1cnc(-c2ccncc2)c(-c2cccs2)n1. The Kier molecular flexibility index (Phi) is 3.70. The number of nitrogens with one attached hydrogen (secondary N) is 1. The predicted molar refractivity (Wildman–Crippen MR) is 82.9 cm³/mol. The lowest BCUT2D eigenvalue weighted by molar-refractivity contribution is -0.114. The molecule has 0 bridgehead atoms. The second-order valence-corrected chi connectivity index (χ2v) is 5.29. The van der Waals surface area contributed by atoms with E-state index in [2.05, 4.69) is 20.3 Å². The fraction of sp³-hybridized carbons (Fsp3) is 0.0667. The molecule has 0 atom stereocenters. The number of hydrogen-bond donors (Lipinski definition) is 1. The first-order valence-corrected chi connectivity index (χ1v) is 7.21. The van der Waals surface area contributed by atoms with Crippen LogP contribution in [0.1, 0.15) is 6.92 Å². The second kappa shape index (κ2) is 5.80. The minimum atomic E-state index is -0.168. The maximum Gasteiger partial charge on any atom is 0.222 e. The monoisotopic (exact) mass is 296 g/mol. The zero-order chi connectivity index (χ0) is 14.7. The van der Waals surface area contributed by atoms with Gasteiger partial charge in [-0.2, -0.15) is 0 Å². The van der Waals surface area contributed by atoms with Gasteiger partial charge in [0.1, 0.15) is 5.69 Å². The van der Waals surface area contributed by atoms with Crippen LogP contribution in [0.15, 0.2) is 48.2 Å². The Bertz CT molecular complexity index is 757. The van der Waals surface area contributed by atoms with Gasteiger partial charge in [-0.25, -0.2) is 4.98 Å². The van der Waals surface area contributed by atoms with Crippen LogP contribution in [0.5, 0.6) is 0 Å².